The van der Waals surface area contributed by atoms with Crippen molar-refractivity contribution in [2.24, 2.45) is 0 Å². The van der Waals surface area contributed by atoms with Gasteiger partial charge in [-0.15, -0.1) is 10.2 Å². The van der Waals surface area contributed by atoms with E-state index in [1.807, 2.05) is 31.2 Å². The van der Waals surface area contributed by atoms with E-state index in [1.165, 1.54) is 0 Å². The van der Waals surface area contributed by atoms with E-state index in [9.17, 15) is 15.0 Å². The summed E-state index contributed by atoms with van der Waals surface area (Å²) < 4.78 is 11.4. The van der Waals surface area contributed by atoms with Gasteiger partial charge in [0.05, 0.1) is 29.4 Å². The van der Waals surface area contributed by atoms with Gasteiger partial charge in [0.15, 0.2) is 5.82 Å². The van der Waals surface area contributed by atoms with Crippen molar-refractivity contribution >= 4 is 17.4 Å². The number of aromatic hydroxyl groups is 1. The van der Waals surface area contributed by atoms with Gasteiger partial charge in [-0.3, -0.25) is 14.6 Å². The van der Waals surface area contributed by atoms with Crippen molar-refractivity contribution in [2.45, 2.75) is 56.9 Å². The molecule has 240 valence electrons. The predicted octanol–water partition coefficient (Wildman–Crippen LogP) is 1.82. The number of nitrogens with zero attached hydrogens (tertiary/aromatic N) is 7. The first kappa shape index (κ1) is 29.8. The normalized spacial score (nSPS) is 25.9. The fraction of sp³-hybridized carbons (Fsp3) is 0.562. The van der Waals surface area contributed by atoms with Gasteiger partial charge in [-0.1, -0.05) is 12.1 Å². The van der Waals surface area contributed by atoms with Crippen molar-refractivity contribution in [3.8, 4) is 22.9 Å². The predicted molar refractivity (Wildman–Crippen MR) is 167 cm³/mol. The lowest BCUT2D eigenvalue weighted by Crippen LogP contribution is -2.67. The Balaban J connectivity index is 0.921. The molecule has 0 saturated carbocycles. The number of ether oxygens (including phenoxy) is 1. The number of rotatable bonds is 8. The average molecular weight is 619 g/mol. The van der Waals surface area contributed by atoms with Crippen LogP contribution in [0.1, 0.15) is 32.4 Å². The number of fused-ring (bicyclic) bond motifs is 3. The van der Waals surface area contributed by atoms with E-state index < -0.39 is 6.10 Å². The van der Waals surface area contributed by atoms with E-state index in [0.717, 1.165) is 63.7 Å². The molecule has 3 N–H and O–H groups in total. The molecule has 3 fully saturated rings. The zero-order chi connectivity index (χ0) is 31.1. The van der Waals surface area contributed by atoms with E-state index in [1.54, 1.807) is 17.0 Å². The van der Waals surface area contributed by atoms with Gasteiger partial charge in [-0.05, 0) is 56.6 Å². The number of aromatic nitrogens is 3. The molecule has 7 rings (SSSR count). The molecule has 0 spiro atoms. The van der Waals surface area contributed by atoms with Crippen LogP contribution in [0, 0.1) is 0 Å². The molecule has 2 unspecified atom stereocenters. The molecule has 13 nitrogen and oxygen atoms in total. The molecule has 1 aromatic carbocycles. The maximum absolute atomic E-state index is 12.5. The largest absolute Gasteiger partial charge is 0.507 e. The molecule has 0 aliphatic carbocycles. The smallest absolute Gasteiger partial charge is 0.254 e. The van der Waals surface area contributed by atoms with Crippen LogP contribution < -0.4 is 15.0 Å². The summed E-state index contributed by atoms with van der Waals surface area (Å²) in [6, 6.07) is 11.5. The molecule has 1 amide bonds. The monoisotopic (exact) mass is 618 g/mol. The zero-order valence-corrected chi connectivity index (χ0v) is 25.9. The molecular weight excluding hydrogens is 576 g/mol. The van der Waals surface area contributed by atoms with Crippen molar-refractivity contribution in [3.63, 3.8) is 0 Å². The summed E-state index contributed by atoms with van der Waals surface area (Å²) >= 11 is 0. The van der Waals surface area contributed by atoms with E-state index >= 15 is 0 Å². The number of benzene rings is 1. The van der Waals surface area contributed by atoms with E-state index in [0.29, 0.717) is 48.4 Å². The number of para-hydroxylation sites is 1. The lowest BCUT2D eigenvalue weighted by atomic mass is 9.91. The third-order valence-corrected chi connectivity index (χ3v) is 9.67. The van der Waals surface area contributed by atoms with Gasteiger partial charge in [0.25, 0.3) is 5.88 Å². The quantitative estimate of drug-likeness (QED) is 0.339. The highest BCUT2D eigenvalue weighted by Gasteiger charge is 2.44. The van der Waals surface area contributed by atoms with Gasteiger partial charge in [0, 0.05) is 70.0 Å². The van der Waals surface area contributed by atoms with Crippen molar-refractivity contribution in [2.75, 3.05) is 69.1 Å². The molecule has 2 aromatic heterocycles. The lowest BCUT2D eigenvalue weighted by Gasteiger charge is -2.54. The van der Waals surface area contributed by atoms with Gasteiger partial charge in [0.2, 0.25) is 5.91 Å². The maximum Gasteiger partial charge on any atom is 0.254 e. The Bertz CT molecular complexity index is 1530. The summed E-state index contributed by atoms with van der Waals surface area (Å²) in [5, 5.41) is 36.5. The minimum atomic E-state index is -0.441. The van der Waals surface area contributed by atoms with E-state index in [2.05, 4.69) is 42.3 Å². The van der Waals surface area contributed by atoms with E-state index in [-0.39, 0.29) is 29.7 Å². The van der Waals surface area contributed by atoms with Gasteiger partial charge in [0.1, 0.15) is 17.6 Å². The fourth-order valence-corrected chi connectivity index (χ4v) is 7.33. The fourth-order valence-electron chi connectivity index (χ4n) is 7.33. The third-order valence-electron chi connectivity index (χ3n) is 9.67. The number of aliphatic hydroxyl groups is 1. The number of phenols is 1. The Morgan fingerprint density at radius 3 is 2.84 bits per heavy atom. The molecule has 3 saturated heterocycles. The van der Waals surface area contributed by atoms with Crippen LogP contribution in [0.5, 0.6) is 11.6 Å². The average Bonchev–Trinajstić information content (AvgIpc) is 3.78. The second-order valence-corrected chi connectivity index (χ2v) is 13.2. The minimum absolute atomic E-state index is 0.0702. The second kappa shape index (κ2) is 12.1. The minimum Gasteiger partial charge on any atom is -0.507 e. The highest BCUT2D eigenvalue weighted by atomic mass is 16.5. The number of amides is 1. The van der Waals surface area contributed by atoms with Crippen LogP contribution in [0.2, 0.25) is 0 Å². The Kier molecular flexibility index (Phi) is 8.00. The van der Waals surface area contributed by atoms with Crippen molar-refractivity contribution in [3.05, 3.63) is 42.2 Å². The topological polar surface area (TPSA) is 144 Å². The first-order valence-electron chi connectivity index (χ1n) is 16.0. The maximum atomic E-state index is 12.5. The van der Waals surface area contributed by atoms with Crippen molar-refractivity contribution in [1.29, 1.82) is 0 Å². The highest BCUT2D eigenvalue weighted by Crippen LogP contribution is 2.40. The number of hydrogen-bond donors (Lipinski definition) is 3. The lowest BCUT2D eigenvalue weighted by molar-refractivity contribution is -0.130. The van der Waals surface area contributed by atoms with Crippen LogP contribution in [-0.2, 0) is 11.2 Å². The molecular formula is C32H42N8O5. The highest BCUT2D eigenvalue weighted by molar-refractivity contribution is 5.79. The molecule has 4 aliphatic rings. The number of piperazine rings is 1. The van der Waals surface area contributed by atoms with Crippen LogP contribution >= 0.6 is 0 Å². The van der Waals surface area contributed by atoms with Crippen molar-refractivity contribution in [1.82, 2.24) is 30.1 Å². The first-order valence-corrected chi connectivity index (χ1v) is 16.0. The molecule has 4 aliphatic heterocycles. The number of phenolic OH excluding ortho intramolecular Hbond substituents is 1. The van der Waals surface area contributed by atoms with Gasteiger partial charge < -0.3 is 34.6 Å². The van der Waals surface area contributed by atoms with Gasteiger partial charge in [-0.2, -0.15) is 0 Å². The Labute approximate surface area is 262 Å². The Morgan fingerprint density at radius 1 is 1.16 bits per heavy atom. The number of likely N-dealkylation sites (tertiary alicyclic amines) is 2. The number of hydrogen-bond acceptors (Lipinski definition) is 12. The number of aliphatic hydroxyl groups excluding tert-OH is 1. The Morgan fingerprint density at radius 2 is 2.02 bits per heavy atom. The van der Waals surface area contributed by atoms with Crippen LogP contribution in [0.15, 0.2) is 40.9 Å². The summed E-state index contributed by atoms with van der Waals surface area (Å²) in [5.41, 5.74) is 2.28. The molecule has 0 radical (unpaired) electrons. The number of nitrogens with one attached hydrogen (secondary N) is 1. The summed E-state index contributed by atoms with van der Waals surface area (Å²) in [4.78, 5) is 21.7. The van der Waals surface area contributed by atoms with Crippen LogP contribution in [0.25, 0.3) is 11.3 Å². The first-order chi connectivity index (χ1) is 21.7. The molecule has 4 atom stereocenters. The van der Waals surface area contributed by atoms with Crippen LogP contribution in [0.3, 0.4) is 0 Å². The van der Waals surface area contributed by atoms with Gasteiger partial charge >= 0.3 is 0 Å². The van der Waals surface area contributed by atoms with Crippen LogP contribution in [-0.4, -0.2) is 129 Å². The second-order valence-electron chi connectivity index (χ2n) is 13.2. The van der Waals surface area contributed by atoms with Crippen molar-refractivity contribution < 1.29 is 24.3 Å². The summed E-state index contributed by atoms with van der Waals surface area (Å²) in [6.07, 6.45) is 1.31. The summed E-state index contributed by atoms with van der Waals surface area (Å²) in [6.45, 7) is 11.6. The number of carbonyl (C=O) groups excluding carboxylic acids is 1. The molecule has 0 bridgehead atoms. The Hall–Kier alpha value is -3.94. The summed E-state index contributed by atoms with van der Waals surface area (Å²) in [5.74, 6) is 1.79. The SMILES string of the molecule is C[C@@H](CN1CCC(N2CCN3c4cc(-c5ccccc5O)nnc4NCC3(C)C2)C1)Oc1cc(CC(=O)N2CC[C@@H](O)C2)on1. The molecule has 3 aromatic rings. The number of anilines is 2. The standard InChI is InChI=1S/C32H42N8O5/c1-21(44-29-13-24(45-36-29)14-30(43)38-10-8-23(41)18-38)16-37-9-7-22(17-37)39-11-12-40-27-15-26(25-5-3-4-6-28(25)42)34-35-31(27)33-19-32(40,2)20-39/h3-6,13,15,21-23,41-42H,7-12,14,16-20H2,1-2H3,(H,33,35)/t21-,22?,23+,32?/m0/s1. The third kappa shape index (κ3) is 6.16. The molecule has 6 heterocycles. The van der Waals surface area contributed by atoms with Crippen LogP contribution in [0.4, 0.5) is 11.5 Å². The molecule has 45 heavy (non-hydrogen) atoms. The molecule has 13 heteroatoms. The zero-order valence-electron chi connectivity index (χ0n) is 25.9. The summed E-state index contributed by atoms with van der Waals surface area (Å²) in [7, 11) is 0. The number of carbonyl (C=O) groups is 1. The number of β-amino-alcohol motifs (C(OH)–C–C–N with tert-alkyl or cyclic N) is 1. The van der Waals surface area contributed by atoms with Gasteiger partial charge in [-0.25, -0.2) is 0 Å². The van der Waals surface area contributed by atoms with E-state index in [4.69, 9.17) is 9.26 Å².